The zero-order chi connectivity index (χ0) is 17.1. The van der Waals surface area contributed by atoms with Crippen LogP contribution in [0.25, 0.3) is 0 Å². The second kappa shape index (κ2) is 7.24. The molecule has 1 heterocycles. The number of hydrogen-bond acceptors (Lipinski definition) is 2. The number of benzene rings is 1. The number of carbonyl (C=O) groups excluding carboxylic acids is 1. The van der Waals surface area contributed by atoms with E-state index in [4.69, 9.17) is 5.11 Å². The van der Waals surface area contributed by atoms with Crippen LogP contribution in [0.3, 0.4) is 0 Å². The summed E-state index contributed by atoms with van der Waals surface area (Å²) in [6, 6.07) is 8.66. The van der Waals surface area contributed by atoms with Crippen LogP contribution < -0.4 is 5.32 Å². The Labute approximate surface area is 143 Å². The molecule has 0 spiro atoms. The van der Waals surface area contributed by atoms with E-state index in [1.165, 1.54) is 11.1 Å². The van der Waals surface area contributed by atoms with Crippen LogP contribution in [-0.4, -0.2) is 34.1 Å². The van der Waals surface area contributed by atoms with Crippen LogP contribution in [0.15, 0.2) is 24.3 Å². The molecule has 0 bridgehead atoms. The highest BCUT2D eigenvalue weighted by molar-refractivity contribution is 5.75. The smallest absolute Gasteiger partial charge is 0.318 e. The summed E-state index contributed by atoms with van der Waals surface area (Å²) in [6.07, 6.45) is 4.66. The maximum Gasteiger partial charge on any atom is 0.318 e. The van der Waals surface area contributed by atoms with Gasteiger partial charge in [-0.05, 0) is 49.7 Å². The topological polar surface area (TPSA) is 69.6 Å². The predicted octanol–water partition coefficient (Wildman–Crippen LogP) is 3.18. The van der Waals surface area contributed by atoms with Crippen LogP contribution in [-0.2, 0) is 17.8 Å². The Bertz CT molecular complexity index is 608. The Balaban J connectivity index is 1.61. The molecule has 24 heavy (non-hydrogen) atoms. The number of carbonyl (C=O) groups is 2. The molecule has 0 radical (unpaired) electrons. The Kier molecular flexibility index (Phi) is 5.07. The normalized spacial score (nSPS) is 26.5. The van der Waals surface area contributed by atoms with Crippen LogP contribution >= 0.6 is 0 Å². The minimum Gasteiger partial charge on any atom is -0.481 e. The predicted molar refractivity (Wildman–Crippen MR) is 91.7 cm³/mol. The first-order valence-electron chi connectivity index (χ1n) is 8.95. The summed E-state index contributed by atoms with van der Waals surface area (Å²) in [7, 11) is 0. The molecule has 1 saturated carbocycles. The Morgan fingerprint density at radius 3 is 2.46 bits per heavy atom. The minimum atomic E-state index is -0.710. The van der Waals surface area contributed by atoms with E-state index in [0.29, 0.717) is 19.4 Å². The first-order chi connectivity index (χ1) is 11.6. The average Bonchev–Trinajstić information content (AvgIpc) is 2.61. The molecule has 2 N–H and O–H groups in total. The first kappa shape index (κ1) is 16.8. The van der Waals surface area contributed by atoms with E-state index in [-0.39, 0.29) is 24.0 Å². The highest BCUT2D eigenvalue weighted by atomic mass is 16.4. The molecule has 1 fully saturated rings. The minimum absolute atomic E-state index is 0.00451. The fraction of sp³-hybridized carbons (Fsp3) is 0.579. The van der Waals surface area contributed by atoms with Crippen molar-refractivity contribution in [2.75, 3.05) is 0 Å². The standard InChI is InChI=1S/C19H26N2O3/c1-2-17-11-14-5-3-4-6-15(14)12-21(17)19(24)20-16-9-7-13(8-10-16)18(22)23/h3-6,13,16-17H,2,7-12H2,1H3,(H,20,24)(H,22,23). The van der Waals surface area contributed by atoms with Crippen molar-refractivity contribution in [3.8, 4) is 0 Å². The summed E-state index contributed by atoms with van der Waals surface area (Å²) in [5.41, 5.74) is 2.57. The lowest BCUT2D eigenvalue weighted by atomic mass is 9.86. The molecule has 2 amide bonds. The van der Waals surface area contributed by atoms with Crippen molar-refractivity contribution in [2.24, 2.45) is 5.92 Å². The van der Waals surface area contributed by atoms with Gasteiger partial charge in [0.15, 0.2) is 0 Å². The van der Waals surface area contributed by atoms with Crippen LogP contribution in [0.1, 0.15) is 50.2 Å². The zero-order valence-electron chi connectivity index (χ0n) is 14.2. The Morgan fingerprint density at radius 2 is 1.83 bits per heavy atom. The van der Waals surface area contributed by atoms with Gasteiger partial charge < -0.3 is 15.3 Å². The third-order valence-electron chi connectivity index (χ3n) is 5.49. The fourth-order valence-electron chi connectivity index (χ4n) is 3.93. The quantitative estimate of drug-likeness (QED) is 0.894. The zero-order valence-corrected chi connectivity index (χ0v) is 14.2. The highest BCUT2D eigenvalue weighted by Gasteiger charge is 2.31. The van der Waals surface area contributed by atoms with E-state index in [1.807, 2.05) is 11.0 Å². The van der Waals surface area contributed by atoms with Gasteiger partial charge in [-0.2, -0.15) is 0 Å². The molecule has 0 saturated heterocycles. The maximum absolute atomic E-state index is 12.8. The van der Waals surface area contributed by atoms with Gasteiger partial charge in [-0.25, -0.2) is 4.79 Å². The third-order valence-corrected chi connectivity index (χ3v) is 5.49. The number of carboxylic acid groups (broad SMARTS) is 1. The average molecular weight is 330 g/mol. The van der Waals surface area contributed by atoms with Crippen molar-refractivity contribution in [1.29, 1.82) is 0 Å². The van der Waals surface area contributed by atoms with Crippen LogP contribution in [0.4, 0.5) is 4.79 Å². The Morgan fingerprint density at radius 1 is 1.17 bits per heavy atom. The number of carboxylic acids is 1. The van der Waals surface area contributed by atoms with Crippen LogP contribution in [0.2, 0.25) is 0 Å². The lowest BCUT2D eigenvalue weighted by Gasteiger charge is -2.38. The van der Waals surface area contributed by atoms with E-state index >= 15 is 0 Å². The summed E-state index contributed by atoms with van der Waals surface area (Å²) >= 11 is 0. The number of urea groups is 1. The second-order valence-electron chi connectivity index (χ2n) is 7.00. The maximum atomic E-state index is 12.8. The number of nitrogens with zero attached hydrogens (tertiary/aromatic N) is 1. The van der Waals surface area contributed by atoms with Gasteiger partial charge in [-0.1, -0.05) is 31.2 Å². The van der Waals surface area contributed by atoms with E-state index in [0.717, 1.165) is 25.7 Å². The Hall–Kier alpha value is -2.04. The molecular formula is C19H26N2O3. The van der Waals surface area contributed by atoms with Crippen LogP contribution in [0.5, 0.6) is 0 Å². The largest absolute Gasteiger partial charge is 0.481 e. The number of hydrogen-bond donors (Lipinski definition) is 2. The lowest BCUT2D eigenvalue weighted by Crippen LogP contribution is -2.51. The molecule has 130 valence electrons. The molecule has 1 atom stereocenters. The number of rotatable bonds is 3. The number of nitrogens with one attached hydrogen (secondary N) is 1. The summed E-state index contributed by atoms with van der Waals surface area (Å²) in [6.45, 7) is 2.78. The van der Waals surface area contributed by atoms with Gasteiger partial charge in [0.1, 0.15) is 0 Å². The third kappa shape index (κ3) is 3.55. The number of aliphatic carboxylic acids is 1. The van der Waals surface area contributed by atoms with Gasteiger partial charge >= 0.3 is 12.0 Å². The molecule has 5 nitrogen and oxygen atoms in total. The SMILES string of the molecule is CCC1Cc2ccccc2CN1C(=O)NC1CCC(C(=O)O)CC1. The van der Waals surface area contributed by atoms with Gasteiger partial charge in [0.25, 0.3) is 0 Å². The summed E-state index contributed by atoms with van der Waals surface area (Å²) < 4.78 is 0. The summed E-state index contributed by atoms with van der Waals surface area (Å²) in [5, 5.41) is 12.2. The van der Waals surface area contributed by atoms with Gasteiger partial charge in [0, 0.05) is 18.6 Å². The molecule has 2 aliphatic rings. The summed E-state index contributed by atoms with van der Waals surface area (Å²) in [5.74, 6) is -0.957. The van der Waals surface area contributed by atoms with Crippen molar-refractivity contribution in [2.45, 2.75) is 64.1 Å². The number of amides is 2. The van der Waals surface area contributed by atoms with E-state index in [9.17, 15) is 9.59 Å². The molecule has 1 aliphatic heterocycles. The molecular weight excluding hydrogens is 304 g/mol. The van der Waals surface area contributed by atoms with Crippen LogP contribution in [0, 0.1) is 5.92 Å². The first-order valence-corrected chi connectivity index (χ1v) is 8.95. The van der Waals surface area contributed by atoms with Crippen molar-refractivity contribution < 1.29 is 14.7 Å². The van der Waals surface area contributed by atoms with E-state index in [1.54, 1.807) is 0 Å². The van der Waals surface area contributed by atoms with Crippen molar-refractivity contribution in [3.63, 3.8) is 0 Å². The molecule has 5 heteroatoms. The van der Waals surface area contributed by atoms with E-state index < -0.39 is 5.97 Å². The van der Waals surface area contributed by atoms with Gasteiger partial charge in [0.05, 0.1) is 5.92 Å². The summed E-state index contributed by atoms with van der Waals surface area (Å²) in [4.78, 5) is 25.7. The molecule has 3 rings (SSSR count). The molecule has 1 aromatic carbocycles. The molecule has 1 aromatic rings. The lowest BCUT2D eigenvalue weighted by molar-refractivity contribution is -0.142. The van der Waals surface area contributed by atoms with Crippen molar-refractivity contribution >= 4 is 12.0 Å². The van der Waals surface area contributed by atoms with Gasteiger partial charge in [-0.15, -0.1) is 0 Å². The molecule has 1 aliphatic carbocycles. The van der Waals surface area contributed by atoms with Gasteiger partial charge in [0.2, 0.25) is 0 Å². The fourth-order valence-corrected chi connectivity index (χ4v) is 3.93. The number of fused-ring (bicyclic) bond motifs is 1. The molecule has 1 unspecified atom stereocenters. The van der Waals surface area contributed by atoms with Crippen molar-refractivity contribution in [1.82, 2.24) is 10.2 Å². The van der Waals surface area contributed by atoms with Gasteiger partial charge in [-0.3, -0.25) is 4.79 Å². The second-order valence-corrected chi connectivity index (χ2v) is 7.00. The monoisotopic (exact) mass is 330 g/mol. The van der Waals surface area contributed by atoms with Crippen molar-refractivity contribution in [3.05, 3.63) is 35.4 Å². The molecule has 0 aromatic heterocycles. The highest BCUT2D eigenvalue weighted by Crippen LogP contribution is 2.27. The van der Waals surface area contributed by atoms with E-state index in [2.05, 4.69) is 30.4 Å².